The number of carbonyl (C=O) groups excluding carboxylic acids is 1. The van der Waals surface area contributed by atoms with Gasteiger partial charge in [0.15, 0.2) is 0 Å². The summed E-state index contributed by atoms with van der Waals surface area (Å²) in [4.78, 5) is 11.5. The molecule has 0 aromatic heterocycles. The Labute approximate surface area is 98.8 Å². The smallest absolute Gasteiger partial charge is 0.311 e. The second-order valence-corrected chi connectivity index (χ2v) is 5.27. The van der Waals surface area contributed by atoms with Gasteiger partial charge in [-0.15, -0.1) is 0 Å². The average molecular weight is 271 g/mol. The zero-order valence-electron chi connectivity index (χ0n) is 9.21. The van der Waals surface area contributed by atoms with Crippen LogP contribution in [0.1, 0.15) is 26.3 Å². The van der Waals surface area contributed by atoms with Crippen LogP contribution in [0.2, 0.25) is 0 Å². The van der Waals surface area contributed by atoms with Gasteiger partial charge in [0.25, 0.3) is 0 Å². The first-order valence-electron chi connectivity index (χ1n) is 4.82. The molecule has 0 radical (unpaired) electrons. The lowest BCUT2D eigenvalue weighted by Gasteiger charge is -2.16. The van der Waals surface area contributed by atoms with Gasteiger partial charge in [-0.3, -0.25) is 4.79 Å². The molecule has 1 aromatic carbocycles. The van der Waals surface area contributed by atoms with Crippen LogP contribution >= 0.6 is 15.9 Å². The first kappa shape index (κ1) is 12.2. The van der Waals surface area contributed by atoms with Gasteiger partial charge < -0.3 is 4.74 Å². The highest BCUT2D eigenvalue weighted by molar-refractivity contribution is 9.10. The molecule has 15 heavy (non-hydrogen) atoms. The summed E-state index contributed by atoms with van der Waals surface area (Å²) in [6, 6.07) is 7.71. The van der Waals surface area contributed by atoms with Crippen molar-refractivity contribution in [3.05, 3.63) is 34.3 Å². The maximum absolute atomic E-state index is 11.5. The standard InChI is InChI=1S/C12H15BrO2/c1-12(2,3)11(14)15-8-9-6-4-5-7-10(9)13/h4-7H,8H2,1-3H3. The summed E-state index contributed by atoms with van der Waals surface area (Å²) in [6.45, 7) is 5.84. The molecule has 0 aliphatic heterocycles. The lowest BCUT2D eigenvalue weighted by Crippen LogP contribution is -2.22. The Morgan fingerprint density at radius 3 is 2.47 bits per heavy atom. The fourth-order valence-electron chi connectivity index (χ4n) is 0.975. The van der Waals surface area contributed by atoms with E-state index in [-0.39, 0.29) is 5.97 Å². The molecule has 0 unspecified atom stereocenters. The number of ether oxygens (including phenoxy) is 1. The third kappa shape index (κ3) is 3.67. The zero-order chi connectivity index (χ0) is 11.5. The van der Waals surface area contributed by atoms with Crippen LogP contribution in [0.4, 0.5) is 0 Å². The maximum atomic E-state index is 11.5. The predicted molar refractivity (Wildman–Crippen MR) is 63.4 cm³/mol. The number of carbonyl (C=O) groups is 1. The van der Waals surface area contributed by atoms with E-state index in [2.05, 4.69) is 15.9 Å². The van der Waals surface area contributed by atoms with Crippen molar-refractivity contribution in [2.75, 3.05) is 0 Å². The van der Waals surface area contributed by atoms with Gasteiger partial charge in [0.05, 0.1) is 5.41 Å². The van der Waals surface area contributed by atoms with Gasteiger partial charge in [0.2, 0.25) is 0 Å². The number of hydrogen-bond donors (Lipinski definition) is 0. The Morgan fingerprint density at radius 1 is 1.33 bits per heavy atom. The molecule has 1 rings (SSSR count). The number of benzene rings is 1. The van der Waals surface area contributed by atoms with Gasteiger partial charge >= 0.3 is 5.97 Å². The van der Waals surface area contributed by atoms with Gasteiger partial charge in [-0.05, 0) is 26.8 Å². The van der Waals surface area contributed by atoms with Crippen LogP contribution in [-0.4, -0.2) is 5.97 Å². The Hall–Kier alpha value is -0.830. The van der Waals surface area contributed by atoms with Crippen molar-refractivity contribution >= 4 is 21.9 Å². The van der Waals surface area contributed by atoms with E-state index in [0.717, 1.165) is 10.0 Å². The molecule has 0 atom stereocenters. The normalized spacial score (nSPS) is 11.2. The Balaban J connectivity index is 2.59. The average Bonchev–Trinajstić information content (AvgIpc) is 2.14. The molecule has 0 aliphatic carbocycles. The fourth-order valence-corrected chi connectivity index (χ4v) is 1.37. The van der Waals surface area contributed by atoms with Crippen LogP contribution in [0.5, 0.6) is 0 Å². The van der Waals surface area contributed by atoms with Crippen LogP contribution in [-0.2, 0) is 16.1 Å². The van der Waals surface area contributed by atoms with Crippen molar-refractivity contribution < 1.29 is 9.53 Å². The fraction of sp³-hybridized carbons (Fsp3) is 0.417. The summed E-state index contributed by atoms with van der Waals surface area (Å²) in [7, 11) is 0. The van der Waals surface area contributed by atoms with Crippen molar-refractivity contribution in [3.8, 4) is 0 Å². The SMILES string of the molecule is CC(C)(C)C(=O)OCc1ccccc1Br. The summed E-state index contributed by atoms with van der Waals surface area (Å²) in [5, 5.41) is 0. The minimum Gasteiger partial charge on any atom is -0.460 e. The van der Waals surface area contributed by atoms with Crippen molar-refractivity contribution in [2.24, 2.45) is 5.41 Å². The van der Waals surface area contributed by atoms with Crippen molar-refractivity contribution in [2.45, 2.75) is 27.4 Å². The molecule has 0 fully saturated rings. The molecule has 0 saturated heterocycles. The molecule has 82 valence electrons. The molecule has 0 N–H and O–H groups in total. The largest absolute Gasteiger partial charge is 0.460 e. The number of rotatable bonds is 2. The van der Waals surface area contributed by atoms with E-state index in [1.807, 2.05) is 45.0 Å². The van der Waals surface area contributed by atoms with Crippen LogP contribution in [0.3, 0.4) is 0 Å². The lowest BCUT2D eigenvalue weighted by molar-refractivity contribution is -0.154. The number of esters is 1. The van der Waals surface area contributed by atoms with Crippen LogP contribution in [0.15, 0.2) is 28.7 Å². The third-order valence-electron chi connectivity index (χ3n) is 1.93. The number of halogens is 1. The zero-order valence-corrected chi connectivity index (χ0v) is 10.8. The quantitative estimate of drug-likeness (QED) is 0.769. The first-order chi connectivity index (χ1) is 6.91. The summed E-state index contributed by atoms with van der Waals surface area (Å²) in [6.07, 6.45) is 0. The van der Waals surface area contributed by atoms with Crippen molar-refractivity contribution in [1.29, 1.82) is 0 Å². The Bertz CT molecular complexity index is 353. The topological polar surface area (TPSA) is 26.3 Å². The Kier molecular flexibility index (Phi) is 3.91. The van der Waals surface area contributed by atoms with Gasteiger partial charge in [-0.25, -0.2) is 0 Å². The summed E-state index contributed by atoms with van der Waals surface area (Å²) in [5.41, 5.74) is 0.538. The molecular weight excluding hydrogens is 256 g/mol. The second-order valence-electron chi connectivity index (χ2n) is 4.42. The molecule has 0 bridgehead atoms. The second kappa shape index (κ2) is 4.79. The molecule has 0 spiro atoms. The van der Waals surface area contributed by atoms with Crippen LogP contribution in [0.25, 0.3) is 0 Å². The lowest BCUT2D eigenvalue weighted by atomic mass is 9.97. The molecule has 0 saturated carbocycles. The molecular formula is C12H15BrO2. The predicted octanol–water partition coefficient (Wildman–Crippen LogP) is 3.54. The van der Waals surface area contributed by atoms with Crippen LogP contribution in [0, 0.1) is 5.41 Å². The Morgan fingerprint density at radius 2 is 1.93 bits per heavy atom. The molecule has 1 aromatic rings. The molecule has 0 heterocycles. The number of hydrogen-bond acceptors (Lipinski definition) is 2. The molecule has 0 aliphatic rings. The highest BCUT2D eigenvalue weighted by Crippen LogP contribution is 2.20. The van der Waals surface area contributed by atoms with Crippen LogP contribution < -0.4 is 0 Å². The van der Waals surface area contributed by atoms with Gasteiger partial charge in [0, 0.05) is 10.0 Å². The molecule has 2 nitrogen and oxygen atoms in total. The van der Waals surface area contributed by atoms with E-state index in [0.29, 0.717) is 6.61 Å². The minimum atomic E-state index is -0.443. The van der Waals surface area contributed by atoms with E-state index < -0.39 is 5.41 Å². The molecule has 3 heteroatoms. The van der Waals surface area contributed by atoms with E-state index in [9.17, 15) is 4.79 Å². The van der Waals surface area contributed by atoms with E-state index in [1.165, 1.54) is 0 Å². The third-order valence-corrected chi connectivity index (χ3v) is 2.70. The van der Waals surface area contributed by atoms with Gasteiger partial charge in [0.1, 0.15) is 6.61 Å². The van der Waals surface area contributed by atoms with E-state index in [1.54, 1.807) is 0 Å². The van der Waals surface area contributed by atoms with E-state index >= 15 is 0 Å². The highest BCUT2D eigenvalue weighted by atomic mass is 79.9. The van der Waals surface area contributed by atoms with Gasteiger partial charge in [-0.1, -0.05) is 34.1 Å². The highest BCUT2D eigenvalue weighted by Gasteiger charge is 2.22. The minimum absolute atomic E-state index is 0.182. The summed E-state index contributed by atoms with van der Waals surface area (Å²) < 4.78 is 6.17. The maximum Gasteiger partial charge on any atom is 0.311 e. The van der Waals surface area contributed by atoms with Crippen molar-refractivity contribution in [3.63, 3.8) is 0 Å². The first-order valence-corrected chi connectivity index (χ1v) is 5.61. The molecule has 0 amide bonds. The monoisotopic (exact) mass is 270 g/mol. The summed E-state index contributed by atoms with van der Waals surface area (Å²) in [5.74, 6) is -0.182. The van der Waals surface area contributed by atoms with E-state index in [4.69, 9.17) is 4.74 Å². The van der Waals surface area contributed by atoms with Crippen molar-refractivity contribution in [1.82, 2.24) is 0 Å². The summed E-state index contributed by atoms with van der Waals surface area (Å²) >= 11 is 3.41. The van der Waals surface area contributed by atoms with Gasteiger partial charge in [-0.2, -0.15) is 0 Å².